The average Bonchev–Trinajstić information content (AvgIpc) is 3.91. The van der Waals surface area contributed by atoms with Crippen molar-refractivity contribution in [3.63, 3.8) is 0 Å². The summed E-state index contributed by atoms with van der Waals surface area (Å²) in [7, 11) is 0. The Balaban J connectivity index is 0.805. The molecule has 5 N–H and O–H groups in total. The Kier molecular flexibility index (Phi) is 11.5. The van der Waals surface area contributed by atoms with Gasteiger partial charge in [-0.05, 0) is 116 Å². The van der Waals surface area contributed by atoms with E-state index in [0.717, 1.165) is 56.1 Å². The van der Waals surface area contributed by atoms with Gasteiger partial charge in [-0.25, -0.2) is 4.39 Å². The van der Waals surface area contributed by atoms with E-state index in [4.69, 9.17) is 23.2 Å². The summed E-state index contributed by atoms with van der Waals surface area (Å²) in [5.41, 5.74) is 2.04. The van der Waals surface area contributed by atoms with Crippen LogP contribution in [0.5, 0.6) is 0 Å². The molecule has 338 valence electrons. The minimum Gasteiger partial charge on any atom is -0.349 e. The van der Waals surface area contributed by atoms with Gasteiger partial charge >= 0.3 is 0 Å². The maximum atomic E-state index is 16.3. The van der Waals surface area contributed by atoms with Crippen LogP contribution in [0.25, 0.3) is 0 Å². The van der Waals surface area contributed by atoms with Crippen LogP contribution in [0.1, 0.15) is 120 Å². The summed E-state index contributed by atoms with van der Waals surface area (Å²) >= 11 is 12.8. The van der Waals surface area contributed by atoms with Gasteiger partial charge in [0.25, 0.3) is 11.8 Å². The van der Waals surface area contributed by atoms with Crippen LogP contribution in [0.3, 0.4) is 0 Å². The highest BCUT2D eigenvalue weighted by atomic mass is 35.5. The number of imide groups is 1. The molecule has 12 nitrogen and oxygen atoms in total. The maximum Gasteiger partial charge on any atom is 0.255 e. The fourth-order valence-electron chi connectivity index (χ4n) is 11.7. The zero-order valence-electron chi connectivity index (χ0n) is 35.9. The van der Waals surface area contributed by atoms with Crippen molar-refractivity contribution in [1.82, 2.24) is 20.9 Å². The number of benzene rings is 4. The van der Waals surface area contributed by atoms with Crippen molar-refractivity contribution >= 4 is 70.0 Å². The zero-order chi connectivity index (χ0) is 45.9. The fourth-order valence-corrected chi connectivity index (χ4v) is 12.0. The standard InChI is InChI=1S/C51H47Cl2FN6O6/c52-31-16-21-37-39(26-31)57-49(66)51(37)42(35-8-5-9-38(53)43(35)54)44(59-50(51)24-2-1-3-25-50)47(64)56-33-19-14-30(15-20-33)45(62)55-32-17-11-28(12-18-32)10-13-29-6-4-7-34-36(29)27-60(48(34)65)40-22-23-41(61)58-46(40)63/h4-9,14-16,19-21,26,28,32,40,42,44,59H,1-3,11-12,17-18,22-25,27H2,(H,55,62)(H,56,64)(H,57,66)(H,58,61,63)/t28-,32-,40?,42-,44+,51+/m0/s1. The quantitative estimate of drug-likeness (QED) is 0.0986. The third-order valence-electron chi connectivity index (χ3n) is 14.8. The van der Waals surface area contributed by atoms with E-state index in [-0.39, 0.29) is 59.1 Å². The Hall–Kier alpha value is -6.07. The maximum absolute atomic E-state index is 16.3. The number of rotatable bonds is 6. The zero-order valence-corrected chi connectivity index (χ0v) is 37.4. The molecule has 4 heterocycles. The van der Waals surface area contributed by atoms with Crippen molar-refractivity contribution in [2.24, 2.45) is 5.92 Å². The highest BCUT2D eigenvalue weighted by Crippen LogP contribution is 2.63. The van der Waals surface area contributed by atoms with Crippen molar-refractivity contribution in [2.45, 2.75) is 112 Å². The van der Waals surface area contributed by atoms with Crippen LogP contribution in [-0.4, -0.2) is 64.0 Å². The number of hydrogen-bond donors (Lipinski definition) is 5. The van der Waals surface area contributed by atoms with Crippen LogP contribution in [0.15, 0.2) is 78.9 Å². The largest absolute Gasteiger partial charge is 0.349 e. The van der Waals surface area contributed by atoms with E-state index >= 15 is 4.39 Å². The molecule has 0 bridgehead atoms. The molecule has 0 radical (unpaired) electrons. The first-order valence-corrected chi connectivity index (χ1v) is 23.5. The first-order valence-electron chi connectivity index (χ1n) is 22.7. The van der Waals surface area contributed by atoms with E-state index in [1.54, 1.807) is 60.7 Å². The molecule has 6 aliphatic rings. The van der Waals surface area contributed by atoms with Gasteiger partial charge in [0.1, 0.15) is 17.3 Å². The SMILES string of the molecule is O=C1CCC(N2Cc3c(C#C[C@H]4CC[C@H](NC(=O)c5ccc(NC(=O)[C@@H]6NC7(CCCCC7)[C@@]7(C(=O)Nc8cc(Cl)ccc87)[C@H]6c6cccc(Cl)c6F)cc5)CC4)cccc3C2=O)C(=O)N1. The summed E-state index contributed by atoms with van der Waals surface area (Å²) in [4.78, 5) is 81.7. The second-order valence-electron chi connectivity index (χ2n) is 18.4. The number of fused-ring (bicyclic) bond motifs is 4. The molecule has 2 saturated heterocycles. The predicted octanol–water partition coefficient (Wildman–Crippen LogP) is 7.52. The summed E-state index contributed by atoms with van der Waals surface area (Å²) in [6.07, 6.45) is 7.29. The highest BCUT2D eigenvalue weighted by Gasteiger charge is 2.72. The van der Waals surface area contributed by atoms with Crippen molar-refractivity contribution in [2.75, 3.05) is 10.6 Å². The lowest BCUT2D eigenvalue weighted by atomic mass is 9.55. The lowest BCUT2D eigenvalue weighted by molar-refractivity contribution is -0.137. The lowest BCUT2D eigenvalue weighted by Gasteiger charge is -2.47. The third-order valence-corrected chi connectivity index (χ3v) is 15.3. The van der Waals surface area contributed by atoms with Crippen LogP contribution in [-0.2, 0) is 31.1 Å². The molecule has 15 heteroatoms. The molecule has 4 atom stereocenters. The summed E-state index contributed by atoms with van der Waals surface area (Å²) in [6, 6.07) is 20.2. The van der Waals surface area contributed by atoms with Gasteiger partial charge in [-0.3, -0.25) is 39.4 Å². The molecule has 66 heavy (non-hydrogen) atoms. The first kappa shape index (κ1) is 43.8. The van der Waals surface area contributed by atoms with Gasteiger partial charge in [-0.2, -0.15) is 0 Å². The van der Waals surface area contributed by atoms with Gasteiger partial charge in [0.2, 0.25) is 23.6 Å². The van der Waals surface area contributed by atoms with Gasteiger partial charge < -0.3 is 20.9 Å². The van der Waals surface area contributed by atoms with Gasteiger partial charge in [0.05, 0.1) is 11.1 Å². The van der Waals surface area contributed by atoms with Crippen LogP contribution < -0.4 is 26.6 Å². The van der Waals surface area contributed by atoms with E-state index in [1.165, 1.54) is 11.0 Å². The van der Waals surface area contributed by atoms with E-state index in [0.29, 0.717) is 52.4 Å². The van der Waals surface area contributed by atoms with E-state index in [2.05, 4.69) is 38.4 Å². The number of anilines is 2. The van der Waals surface area contributed by atoms with Gasteiger partial charge in [0, 0.05) is 69.5 Å². The van der Waals surface area contributed by atoms with E-state index < -0.39 is 46.6 Å². The number of carbonyl (C=O) groups is 6. The summed E-state index contributed by atoms with van der Waals surface area (Å²) in [6.45, 7) is 0.258. The molecule has 6 amide bonds. The minimum atomic E-state index is -1.36. The van der Waals surface area contributed by atoms with Crippen LogP contribution in [0.2, 0.25) is 10.0 Å². The molecular weight excluding hydrogens is 883 g/mol. The van der Waals surface area contributed by atoms with Crippen molar-refractivity contribution in [3.8, 4) is 11.8 Å². The lowest BCUT2D eigenvalue weighted by Crippen LogP contribution is -2.60. The Morgan fingerprint density at radius 2 is 1.61 bits per heavy atom. The van der Waals surface area contributed by atoms with Gasteiger partial charge in [-0.1, -0.05) is 78.6 Å². The molecule has 1 unspecified atom stereocenters. The normalized spacial score (nSPS) is 26.3. The molecule has 4 aliphatic heterocycles. The van der Waals surface area contributed by atoms with Crippen molar-refractivity contribution < 1.29 is 33.2 Å². The molecule has 0 aromatic heterocycles. The predicted molar refractivity (Wildman–Crippen MR) is 246 cm³/mol. The number of carbonyl (C=O) groups excluding carboxylic acids is 6. The Morgan fingerprint density at radius 3 is 2.36 bits per heavy atom. The molecule has 10 rings (SSSR count). The smallest absolute Gasteiger partial charge is 0.255 e. The number of piperidine rings is 1. The molecule has 4 aromatic rings. The third kappa shape index (κ3) is 7.43. The van der Waals surface area contributed by atoms with Gasteiger partial charge in [0.15, 0.2) is 0 Å². The summed E-state index contributed by atoms with van der Waals surface area (Å²) in [5, 5.41) is 15.5. The summed E-state index contributed by atoms with van der Waals surface area (Å²) in [5.74, 6) is 3.10. The van der Waals surface area contributed by atoms with Crippen LogP contribution in [0, 0.1) is 23.6 Å². The molecular formula is C51H47Cl2FN6O6. The van der Waals surface area contributed by atoms with E-state index in [9.17, 15) is 28.8 Å². The topological polar surface area (TPSA) is 166 Å². The second kappa shape index (κ2) is 17.3. The first-order chi connectivity index (χ1) is 31.9. The molecule has 4 fully saturated rings. The second-order valence-corrected chi connectivity index (χ2v) is 19.3. The average molecular weight is 930 g/mol. The van der Waals surface area contributed by atoms with Crippen LogP contribution in [0.4, 0.5) is 15.8 Å². The molecule has 2 saturated carbocycles. The number of nitrogens with one attached hydrogen (secondary N) is 5. The van der Waals surface area contributed by atoms with Crippen LogP contribution >= 0.6 is 23.2 Å². The highest BCUT2D eigenvalue weighted by molar-refractivity contribution is 6.31. The molecule has 2 spiro atoms. The Bertz CT molecular complexity index is 2780. The summed E-state index contributed by atoms with van der Waals surface area (Å²) < 4.78 is 16.3. The molecule has 4 aromatic carbocycles. The van der Waals surface area contributed by atoms with Crippen molar-refractivity contribution in [3.05, 3.63) is 128 Å². The minimum absolute atomic E-state index is 0.0544. The van der Waals surface area contributed by atoms with E-state index in [1.807, 2.05) is 12.1 Å². The van der Waals surface area contributed by atoms with Gasteiger partial charge in [-0.15, -0.1) is 0 Å². The number of halogens is 3. The number of hydrogen-bond acceptors (Lipinski definition) is 7. The number of amides is 6. The fraction of sp³-hybridized carbons (Fsp3) is 0.373. The Labute approximate surface area is 391 Å². The molecule has 2 aliphatic carbocycles. The van der Waals surface area contributed by atoms with Crippen molar-refractivity contribution in [1.29, 1.82) is 0 Å². The monoisotopic (exact) mass is 928 g/mol. The Morgan fingerprint density at radius 1 is 0.848 bits per heavy atom. The number of nitrogens with zero attached hydrogens (tertiary/aromatic N) is 1.